The largest absolute Gasteiger partial charge is 0.350 e. The van der Waals surface area contributed by atoms with E-state index in [0.29, 0.717) is 32.2 Å². The molecule has 7 heteroatoms. The number of anilines is 2. The predicted molar refractivity (Wildman–Crippen MR) is 132 cm³/mol. The average molecular weight is 483 g/mol. The minimum Gasteiger partial charge on any atom is -0.350 e. The summed E-state index contributed by atoms with van der Waals surface area (Å²) >= 11 is 13.3. The van der Waals surface area contributed by atoms with E-state index < -0.39 is 5.91 Å². The molecule has 0 aromatic heterocycles. The van der Waals surface area contributed by atoms with E-state index in [0.717, 1.165) is 10.5 Å². The first kappa shape index (κ1) is 22.5. The maximum atomic E-state index is 13.4. The highest BCUT2D eigenvalue weighted by Crippen LogP contribution is 2.38. The number of hydrogen-bond acceptors (Lipinski definition) is 4. The van der Waals surface area contributed by atoms with Crippen LogP contribution in [-0.4, -0.2) is 11.8 Å². The van der Waals surface area contributed by atoms with Gasteiger partial charge in [0, 0.05) is 20.6 Å². The highest BCUT2D eigenvalue weighted by Gasteiger charge is 2.40. The summed E-state index contributed by atoms with van der Waals surface area (Å²) in [4.78, 5) is 29.1. The second kappa shape index (κ2) is 9.41. The maximum Gasteiger partial charge on any atom is 0.283 e. The third kappa shape index (κ3) is 4.70. The summed E-state index contributed by atoms with van der Waals surface area (Å²) in [5, 5.41) is 4.24. The molecule has 0 fully saturated rings. The topological polar surface area (TPSA) is 49.4 Å². The summed E-state index contributed by atoms with van der Waals surface area (Å²) in [6.45, 7) is 4.19. The van der Waals surface area contributed by atoms with Gasteiger partial charge in [-0.05, 0) is 66.1 Å². The number of thioether (sulfide) groups is 1. The molecule has 0 atom stereocenters. The van der Waals surface area contributed by atoms with Crippen LogP contribution in [0.4, 0.5) is 11.4 Å². The van der Waals surface area contributed by atoms with Gasteiger partial charge in [-0.3, -0.25) is 9.59 Å². The highest BCUT2D eigenvalue weighted by molar-refractivity contribution is 8.04. The van der Waals surface area contributed by atoms with Gasteiger partial charge in [-0.15, -0.1) is 0 Å². The summed E-state index contributed by atoms with van der Waals surface area (Å²) in [7, 11) is 0. The molecule has 1 aliphatic rings. The molecule has 1 heterocycles. The van der Waals surface area contributed by atoms with Crippen molar-refractivity contribution in [1.82, 2.24) is 0 Å². The Morgan fingerprint density at radius 2 is 1.53 bits per heavy atom. The van der Waals surface area contributed by atoms with Crippen LogP contribution in [0.2, 0.25) is 10.0 Å². The molecule has 4 nitrogen and oxygen atoms in total. The molecule has 162 valence electrons. The number of carbonyl (C=O) groups is 2. The zero-order valence-corrected chi connectivity index (χ0v) is 19.8. The third-order valence-electron chi connectivity index (χ3n) is 4.99. The molecule has 0 spiro atoms. The first-order chi connectivity index (χ1) is 15.3. The van der Waals surface area contributed by atoms with Gasteiger partial charge in [-0.1, -0.05) is 67.0 Å². The van der Waals surface area contributed by atoms with E-state index in [9.17, 15) is 9.59 Å². The van der Waals surface area contributed by atoms with E-state index in [1.54, 1.807) is 48.5 Å². The molecule has 0 unspecified atom stereocenters. The van der Waals surface area contributed by atoms with Gasteiger partial charge in [0.05, 0.1) is 5.69 Å². The third-order valence-corrected chi connectivity index (χ3v) is 6.56. The molecule has 3 aromatic carbocycles. The average Bonchev–Trinajstić information content (AvgIpc) is 2.99. The van der Waals surface area contributed by atoms with Crippen LogP contribution < -0.4 is 10.2 Å². The molecule has 3 aromatic rings. The minimum absolute atomic E-state index is 0.213. The number of halogens is 2. The van der Waals surface area contributed by atoms with E-state index in [-0.39, 0.29) is 11.6 Å². The lowest BCUT2D eigenvalue weighted by molar-refractivity contribution is -0.120. The van der Waals surface area contributed by atoms with Crippen LogP contribution in [0, 0.1) is 0 Å². The zero-order chi connectivity index (χ0) is 22.8. The monoisotopic (exact) mass is 482 g/mol. The van der Waals surface area contributed by atoms with Crippen molar-refractivity contribution < 1.29 is 9.59 Å². The fourth-order valence-corrected chi connectivity index (χ4v) is 4.53. The number of amides is 2. The fourth-order valence-electron chi connectivity index (χ4n) is 3.29. The van der Waals surface area contributed by atoms with E-state index in [1.165, 1.54) is 16.7 Å². The lowest BCUT2D eigenvalue weighted by atomic mass is 10.0. The Morgan fingerprint density at radius 3 is 2.16 bits per heavy atom. The van der Waals surface area contributed by atoms with Crippen molar-refractivity contribution in [2.45, 2.75) is 24.7 Å². The minimum atomic E-state index is -0.413. The Morgan fingerprint density at radius 1 is 0.844 bits per heavy atom. The molecule has 0 saturated heterocycles. The van der Waals surface area contributed by atoms with Crippen molar-refractivity contribution >= 4 is 58.2 Å². The van der Waals surface area contributed by atoms with Gasteiger partial charge in [-0.25, -0.2) is 4.90 Å². The molecule has 0 bridgehead atoms. The SMILES string of the molecule is CC(C)c1ccc(N2C(=O)C(Nc3cccc(Cl)c3)=C(Sc3ccc(Cl)cc3)C2=O)cc1. The summed E-state index contributed by atoms with van der Waals surface area (Å²) < 4.78 is 0. The van der Waals surface area contributed by atoms with Gasteiger partial charge in [0.15, 0.2) is 0 Å². The van der Waals surface area contributed by atoms with E-state index >= 15 is 0 Å². The summed E-state index contributed by atoms with van der Waals surface area (Å²) in [5.74, 6) is -0.441. The first-order valence-corrected chi connectivity index (χ1v) is 11.6. The molecule has 2 amide bonds. The number of rotatable bonds is 6. The number of imide groups is 1. The molecule has 1 N–H and O–H groups in total. The smallest absolute Gasteiger partial charge is 0.283 e. The molecule has 0 radical (unpaired) electrons. The van der Waals surface area contributed by atoms with Crippen LogP contribution in [-0.2, 0) is 9.59 Å². The summed E-state index contributed by atoms with van der Waals surface area (Å²) in [6, 6.07) is 21.6. The van der Waals surface area contributed by atoms with E-state index in [2.05, 4.69) is 19.2 Å². The Labute approximate surface area is 201 Å². The van der Waals surface area contributed by atoms with Crippen LogP contribution in [0.1, 0.15) is 25.3 Å². The van der Waals surface area contributed by atoms with Crippen molar-refractivity contribution in [2.75, 3.05) is 10.2 Å². The van der Waals surface area contributed by atoms with Crippen LogP contribution in [0.15, 0.2) is 88.3 Å². The van der Waals surface area contributed by atoms with Crippen molar-refractivity contribution in [3.8, 4) is 0 Å². The predicted octanol–water partition coefficient (Wildman–Crippen LogP) is 7.11. The van der Waals surface area contributed by atoms with Crippen LogP contribution in [0.5, 0.6) is 0 Å². The fraction of sp³-hybridized carbons (Fsp3) is 0.120. The van der Waals surface area contributed by atoms with Crippen molar-refractivity contribution in [3.63, 3.8) is 0 Å². The second-order valence-electron chi connectivity index (χ2n) is 7.59. The van der Waals surface area contributed by atoms with Gasteiger partial charge in [0.2, 0.25) is 0 Å². The number of nitrogens with one attached hydrogen (secondary N) is 1. The number of carbonyl (C=O) groups excluding carboxylic acids is 2. The van der Waals surface area contributed by atoms with Crippen LogP contribution in [0.25, 0.3) is 0 Å². The molecule has 1 aliphatic heterocycles. The van der Waals surface area contributed by atoms with Crippen molar-refractivity contribution in [3.05, 3.63) is 99.0 Å². The Kier molecular flexibility index (Phi) is 6.60. The standard InChI is InChI=1S/C25H20Cl2N2O2S/c1-15(2)16-6-10-20(11-7-16)29-24(30)22(28-19-5-3-4-18(27)14-19)23(25(29)31)32-21-12-8-17(26)9-13-21/h3-15,28H,1-2H3. The molecule has 32 heavy (non-hydrogen) atoms. The van der Waals surface area contributed by atoms with Crippen molar-refractivity contribution in [1.29, 1.82) is 0 Å². The molecule has 0 saturated carbocycles. The lowest BCUT2D eigenvalue weighted by Gasteiger charge is -2.16. The van der Waals surface area contributed by atoms with E-state index in [4.69, 9.17) is 23.2 Å². The van der Waals surface area contributed by atoms with Gasteiger partial charge >= 0.3 is 0 Å². The van der Waals surface area contributed by atoms with E-state index in [1.807, 2.05) is 24.3 Å². The normalized spacial score (nSPS) is 14.0. The van der Waals surface area contributed by atoms with Crippen LogP contribution >= 0.6 is 35.0 Å². The van der Waals surface area contributed by atoms with Crippen LogP contribution in [0.3, 0.4) is 0 Å². The Balaban J connectivity index is 1.72. The van der Waals surface area contributed by atoms with Gasteiger partial charge in [0.1, 0.15) is 10.6 Å². The van der Waals surface area contributed by atoms with Gasteiger partial charge in [0.25, 0.3) is 11.8 Å². The quantitative estimate of drug-likeness (QED) is 0.380. The number of benzene rings is 3. The Hall–Kier alpha value is -2.73. The maximum absolute atomic E-state index is 13.4. The Bertz CT molecular complexity index is 1210. The second-order valence-corrected chi connectivity index (χ2v) is 9.54. The van der Waals surface area contributed by atoms with Crippen molar-refractivity contribution in [2.24, 2.45) is 0 Å². The molecule has 0 aliphatic carbocycles. The first-order valence-electron chi connectivity index (χ1n) is 10.0. The summed E-state index contributed by atoms with van der Waals surface area (Å²) in [5.41, 5.74) is 2.50. The highest BCUT2D eigenvalue weighted by atomic mass is 35.5. The van der Waals surface area contributed by atoms with Gasteiger partial charge in [-0.2, -0.15) is 0 Å². The molecule has 4 rings (SSSR count). The zero-order valence-electron chi connectivity index (χ0n) is 17.4. The molecular weight excluding hydrogens is 463 g/mol. The molecular formula is C25H20Cl2N2O2S. The lowest BCUT2D eigenvalue weighted by Crippen LogP contribution is -2.32. The van der Waals surface area contributed by atoms with Gasteiger partial charge < -0.3 is 5.32 Å². The summed E-state index contributed by atoms with van der Waals surface area (Å²) in [6.07, 6.45) is 0. The number of hydrogen-bond donors (Lipinski definition) is 1. The number of nitrogens with zero attached hydrogens (tertiary/aromatic N) is 1.